The summed E-state index contributed by atoms with van der Waals surface area (Å²) in [7, 11) is -5.23. The number of aliphatic hydroxyl groups excluding tert-OH is 12. The summed E-state index contributed by atoms with van der Waals surface area (Å²) in [5.74, 6) is -4.56. The molecule has 5 aliphatic rings. The molecule has 5 heterocycles. The number of amides is 5. The molecule has 0 aromatic rings. The first kappa shape index (κ1) is 78.0. The number of nitrogens with one attached hydrogen (secondary N) is 5. The highest BCUT2D eigenvalue weighted by atomic mass is 32.3. The van der Waals surface area contributed by atoms with Crippen LogP contribution in [0, 0.1) is 0 Å². The molecule has 526 valence electrons. The second-order valence-electron chi connectivity index (χ2n) is 22.4. The van der Waals surface area contributed by atoms with Crippen LogP contribution in [0.4, 0.5) is 0 Å². The first-order valence-corrected chi connectivity index (χ1v) is 31.5. The van der Waals surface area contributed by atoms with Gasteiger partial charge >= 0.3 is 10.4 Å². The van der Waals surface area contributed by atoms with Crippen LogP contribution in [0.15, 0.2) is 48.6 Å². The van der Waals surface area contributed by atoms with Gasteiger partial charge in [0.1, 0.15) is 128 Å². The highest BCUT2D eigenvalue weighted by Gasteiger charge is 2.58. The molecule has 0 saturated carbocycles. The number of hydrogen-bond acceptors (Lipinski definition) is 29. The number of allylic oxidation sites excluding steroid dienone is 7. The van der Waals surface area contributed by atoms with E-state index >= 15 is 0 Å². The molecule has 1 unspecified atom stereocenters. The number of carbonyl (C=O) groups excluding carboxylic acids is 5. The minimum atomic E-state index is -5.23. The number of aliphatic hydroxyl groups is 12. The maximum absolute atomic E-state index is 13.3. The van der Waals surface area contributed by atoms with Crippen molar-refractivity contribution >= 4 is 39.9 Å². The summed E-state index contributed by atoms with van der Waals surface area (Å²) < 4.78 is 90.2. The van der Waals surface area contributed by atoms with Gasteiger partial charge < -0.3 is 130 Å². The fraction of sp³-hybridized carbons (Fsp3) is 0.768. The van der Waals surface area contributed by atoms with E-state index in [0.717, 1.165) is 52.5 Å². The molecule has 0 aromatic heterocycles. The van der Waals surface area contributed by atoms with Gasteiger partial charge in [-0.15, -0.1) is 0 Å². The monoisotopic (exact) mass is 1350 g/mol. The molecular weight excluding hydrogens is 1250 g/mol. The number of hydrogen-bond donors (Lipinski definition) is 18. The predicted octanol–water partition coefficient (Wildman–Crippen LogP) is -7.06. The van der Waals surface area contributed by atoms with Crippen LogP contribution in [-0.4, -0.2) is 297 Å². The molecule has 35 nitrogen and oxygen atoms in total. The van der Waals surface area contributed by atoms with E-state index in [1.165, 1.54) is 31.8 Å². The van der Waals surface area contributed by atoms with Gasteiger partial charge in [-0.2, -0.15) is 8.42 Å². The van der Waals surface area contributed by atoms with Crippen LogP contribution in [0.1, 0.15) is 79.1 Å². The zero-order chi connectivity index (χ0) is 68.0. The Morgan fingerprint density at radius 1 is 0.446 bits per heavy atom. The van der Waals surface area contributed by atoms with Crippen molar-refractivity contribution in [1.82, 2.24) is 26.6 Å². The van der Waals surface area contributed by atoms with Gasteiger partial charge in [0.05, 0.1) is 33.0 Å². The Kier molecular flexibility index (Phi) is 32.4. The van der Waals surface area contributed by atoms with Gasteiger partial charge in [0.15, 0.2) is 31.5 Å². The SMILES string of the molecule is CCCCCC/C=C/CCC/C=C/C=C/C=C/C(=O)N[C@H]1[C@H](O[C@H]2[C@H](O)[C@@H](NC(C)=O)[C@H](O[C@H]3[C@H](O)[C@@H](NC(C)=O)[C@H](O[C@H]4[C@H](O)[C@@H](NC(C)=O)[C@H](O[C@H]5[C@H](O)[C@@H](NC(=O)CO)C(O)O[C@@H]5COS(=O)(=O)O)O[C@@H]4CO)O[C@@H]3CO)O[C@@H]2CO)O[C@H](CO)[C@@H](O)[C@@H]1O. The van der Waals surface area contributed by atoms with E-state index in [4.69, 9.17) is 42.6 Å². The quantitative estimate of drug-likeness (QED) is 0.00954. The second kappa shape index (κ2) is 38.2. The topological polar surface area (TPSA) is 535 Å². The molecule has 0 radical (unpaired) electrons. The highest BCUT2D eigenvalue weighted by Crippen LogP contribution is 2.36. The smallest absolute Gasteiger partial charge is 0.394 e. The van der Waals surface area contributed by atoms with E-state index in [1.54, 1.807) is 12.2 Å². The van der Waals surface area contributed by atoms with Crippen molar-refractivity contribution < 1.29 is 145 Å². The Balaban J connectivity index is 1.33. The lowest BCUT2D eigenvalue weighted by Crippen LogP contribution is -2.72. The fourth-order valence-corrected chi connectivity index (χ4v) is 11.2. The molecule has 5 amide bonds. The van der Waals surface area contributed by atoms with Gasteiger partial charge in [-0.3, -0.25) is 28.5 Å². The molecule has 5 rings (SSSR count). The molecule has 18 N–H and O–H groups in total. The standard InChI is InChI=1S/C56H91N5O30S/c1-5-6-7-8-9-10-11-12-13-14-15-16-17-18-19-20-35(70)60-38-43(73)42(72)30(21-62)84-53(38)88-48-31(22-63)85-54(39(45(48)75)57-27(2)67)89-49-32(23-64)86-55(40(46(49)76)58-28(3)68)90-50-33(24-65)87-56(41(47(50)77)59-29(4)69)91-51-34(26-82-92(79,80)81)83-52(78)37(44(51)74)61-36(71)25-66/h10-11,15-20,30-34,37-56,62-66,72-78H,5-9,12-14,21-26H2,1-4H3,(H,57,67)(H,58,68)(H,59,69)(H,60,70)(H,61,71)(H,79,80,81)/b11-10+,16-15+,18-17+,20-19+/t30-,31-,32-,33-,34-,37-,38-,39-,40-,41-,42-,43-,44-,45-,46-,47-,48-,49-,50-,51-,52?,53+,54+,55+,56+/m1/s1. The molecule has 0 bridgehead atoms. The van der Waals surface area contributed by atoms with Crippen molar-refractivity contribution in [2.24, 2.45) is 0 Å². The van der Waals surface area contributed by atoms with E-state index in [0.29, 0.717) is 0 Å². The zero-order valence-electron chi connectivity index (χ0n) is 51.1. The van der Waals surface area contributed by atoms with Crippen molar-refractivity contribution in [1.29, 1.82) is 0 Å². The third-order valence-corrected chi connectivity index (χ3v) is 15.9. The van der Waals surface area contributed by atoms with E-state index in [2.05, 4.69) is 49.8 Å². The predicted molar refractivity (Wildman–Crippen MR) is 310 cm³/mol. The van der Waals surface area contributed by atoms with Crippen LogP contribution in [0.25, 0.3) is 0 Å². The number of unbranched alkanes of at least 4 members (excludes halogenated alkanes) is 6. The Labute approximate surface area is 530 Å². The first-order valence-electron chi connectivity index (χ1n) is 30.1. The van der Waals surface area contributed by atoms with Crippen molar-refractivity contribution in [3.05, 3.63) is 48.6 Å². The molecule has 0 spiro atoms. The van der Waals surface area contributed by atoms with Gasteiger partial charge in [0.2, 0.25) is 29.5 Å². The van der Waals surface area contributed by atoms with E-state index in [1.807, 2.05) is 12.2 Å². The van der Waals surface area contributed by atoms with E-state index in [9.17, 15) is 98.2 Å². The van der Waals surface area contributed by atoms with E-state index < -0.39 is 233 Å². The van der Waals surface area contributed by atoms with Crippen LogP contribution >= 0.6 is 0 Å². The molecule has 0 aliphatic carbocycles. The molecule has 5 aliphatic heterocycles. The zero-order valence-corrected chi connectivity index (χ0v) is 51.9. The summed E-state index contributed by atoms with van der Waals surface area (Å²) in [4.78, 5) is 63.7. The molecule has 5 fully saturated rings. The van der Waals surface area contributed by atoms with Gasteiger partial charge in [-0.1, -0.05) is 68.7 Å². The second-order valence-corrected chi connectivity index (χ2v) is 23.5. The Hall–Kier alpha value is -4.66. The van der Waals surface area contributed by atoms with Crippen molar-refractivity contribution in [3.8, 4) is 0 Å². The minimum absolute atomic E-state index is 0.815. The van der Waals surface area contributed by atoms with E-state index in [-0.39, 0.29) is 0 Å². The fourth-order valence-electron chi connectivity index (χ4n) is 10.9. The van der Waals surface area contributed by atoms with Crippen LogP contribution in [0.5, 0.6) is 0 Å². The third-order valence-electron chi connectivity index (χ3n) is 15.4. The third kappa shape index (κ3) is 22.5. The molecular formula is C56H91N5O30S. The number of carbonyl (C=O) groups is 5. The average Bonchev–Trinajstić information content (AvgIpc) is 0.817. The van der Waals surface area contributed by atoms with Gasteiger partial charge in [0, 0.05) is 26.8 Å². The van der Waals surface area contributed by atoms with Crippen molar-refractivity contribution in [3.63, 3.8) is 0 Å². The lowest BCUT2D eigenvalue weighted by atomic mass is 9.93. The van der Waals surface area contributed by atoms with Gasteiger partial charge in [0.25, 0.3) is 0 Å². The Morgan fingerprint density at radius 2 is 0.848 bits per heavy atom. The maximum Gasteiger partial charge on any atom is 0.397 e. The lowest BCUT2D eigenvalue weighted by molar-refractivity contribution is -0.367. The molecule has 25 atom stereocenters. The largest absolute Gasteiger partial charge is 0.397 e. The molecule has 0 aromatic carbocycles. The summed E-state index contributed by atoms with van der Waals surface area (Å²) in [5, 5.41) is 144. The number of rotatable bonds is 33. The summed E-state index contributed by atoms with van der Waals surface area (Å²) in [6.45, 7) is -1.24. The minimum Gasteiger partial charge on any atom is -0.394 e. The number of ether oxygens (including phenoxy) is 9. The molecule has 5 saturated heterocycles. The maximum atomic E-state index is 13.3. The summed E-state index contributed by atoms with van der Waals surface area (Å²) in [6, 6.07) is -8.89. The van der Waals surface area contributed by atoms with Crippen LogP contribution in [-0.2, 0) is 81.2 Å². The first-order chi connectivity index (χ1) is 43.7. The van der Waals surface area contributed by atoms with Gasteiger partial charge in [-0.05, 0) is 32.1 Å². The normalized spacial score (nSPS) is 37.2. The summed E-state index contributed by atoms with van der Waals surface area (Å²) >= 11 is 0. The molecule has 36 heteroatoms. The van der Waals surface area contributed by atoms with Crippen LogP contribution in [0.3, 0.4) is 0 Å². The van der Waals surface area contributed by atoms with Crippen molar-refractivity contribution in [2.75, 3.05) is 39.6 Å². The Morgan fingerprint density at radius 3 is 1.27 bits per heavy atom. The molecule has 92 heavy (non-hydrogen) atoms. The lowest BCUT2D eigenvalue weighted by Gasteiger charge is -2.51. The Bertz CT molecular complexity index is 2560. The average molecular weight is 1350 g/mol. The van der Waals surface area contributed by atoms with Crippen molar-refractivity contribution in [2.45, 2.75) is 232 Å². The van der Waals surface area contributed by atoms with Gasteiger partial charge in [-0.25, -0.2) is 4.18 Å². The van der Waals surface area contributed by atoms with Crippen LogP contribution < -0.4 is 26.6 Å². The summed E-state index contributed by atoms with van der Waals surface area (Å²) in [5.41, 5.74) is 0. The highest BCUT2D eigenvalue weighted by molar-refractivity contribution is 7.80. The van der Waals surface area contributed by atoms with Crippen LogP contribution in [0.2, 0.25) is 0 Å². The summed E-state index contributed by atoms with van der Waals surface area (Å²) in [6.07, 6.45) is -15.7.